The molecule has 1 rings (SSSR count). The van der Waals surface area contributed by atoms with E-state index < -0.39 is 0 Å². The quantitative estimate of drug-likeness (QED) is 0.767. The van der Waals surface area contributed by atoms with Crippen molar-refractivity contribution in [3.63, 3.8) is 0 Å². The minimum Gasteiger partial charge on any atom is -0.384 e. The summed E-state index contributed by atoms with van der Waals surface area (Å²) < 4.78 is 5.30. The first kappa shape index (κ1) is 14.7. The lowest BCUT2D eigenvalue weighted by Gasteiger charge is -2.21. The highest BCUT2D eigenvalue weighted by Gasteiger charge is 2.07. The summed E-state index contributed by atoms with van der Waals surface area (Å²) in [6.45, 7) is 4.83. The average Bonchev–Trinajstić information content (AvgIpc) is 2.32. The Bertz CT molecular complexity index is 369. The van der Waals surface area contributed by atoms with Gasteiger partial charge in [0.15, 0.2) is 5.82 Å². The molecule has 6 nitrogen and oxygen atoms in total. The highest BCUT2D eigenvalue weighted by molar-refractivity contribution is 5.46. The molecule has 18 heavy (non-hydrogen) atoms. The van der Waals surface area contributed by atoms with Gasteiger partial charge in [0.1, 0.15) is 18.2 Å². The highest BCUT2D eigenvalue weighted by Crippen LogP contribution is 2.12. The summed E-state index contributed by atoms with van der Waals surface area (Å²) in [6.07, 6.45) is 0. The largest absolute Gasteiger partial charge is 0.384 e. The first-order chi connectivity index (χ1) is 8.52. The Morgan fingerprint density at radius 3 is 2.56 bits per heavy atom. The van der Waals surface area contributed by atoms with Crippen molar-refractivity contribution >= 4 is 11.6 Å². The third-order valence-electron chi connectivity index (χ3n) is 2.49. The van der Waals surface area contributed by atoms with Crippen LogP contribution in [0, 0.1) is 0 Å². The number of rotatable bonds is 7. The molecule has 1 aromatic heterocycles. The molecule has 0 amide bonds. The van der Waals surface area contributed by atoms with Crippen molar-refractivity contribution in [3.8, 4) is 0 Å². The Kier molecular flexibility index (Phi) is 5.80. The second-order valence-electron chi connectivity index (χ2n) is 4.43. The van der Waals surface area contributed by atoms with Gasteiger partial charge in [-0.1, -0.05) is 0 Å². The maximum Gasteiger partial charge on any atom is 0.158 e. The van der Waals surface area contributed by atoms with Gasteiger partial charge in [0.25, 0.3) is 0 Å². The van der Waals surface area contributed by atoms with Crippen LogP contribution in [-0.4, -0.2) is 55.7 Å². The topological polar surface area (TPSA) is 67.5 Å². The van der Waals surface area contributed by atoms with Crippen molar-refractivity contribution < 1.29 is 4.74 Å². The number of ether oxygens (including phenoxy) is 1. The van der Waals surface area contributed by atoms with Crippen molar-refractivity contribution in [1.82, 2.24) is 14.9 Å². The van der Waals surface area contributed by atoms with Crippen LogP contribution in [-0.2, 0) is 11.3 Å². The van der Waals surface area contributed by atoms with Gasteiger partial charge in [-0.2, -0.15) is 0 Å². The zero-order valence-corrected chi connectivity index (χ0v) is 11.7. The fourth-order valence-electron chi connectivity index (χ4n) is 1.42. The number of hydrogen-bond donors (Lipinski definition) is 1. The maximum atomic E-state index is 5.78. The van der Waals surface area contributed by atoms with Crippen molar-refractivity contribution in [3.05, 3.63) is 11.9 Å². The molecule has 1 aromatic rings. The normalized spacial score (nSPS) is 10.9. The van der Waals surface area contributed by atoms with Gasteiger partial charge < -0.3 is 20.3 Å². The molecule has 0 radical (unpaired) electrons. The maximum absolute atomic E-state index is 5.78. The number of nitrogen functional groups attached to an aromatic ring is 1. The molecule has 0 aliphatic heterocycles. The Morgan fingerprint density at radius 1 is 1.22 bits per heavy atom. The van der Waals surface area contributed by atoms with E-state index in [9.17, 15) is 0 Å². The molecule has 0 atom stereocenters. The van der Waals surface area contributed by atoms with E-state index >= 15 is 0 Å². The molecule has 1 heterocycles. The summed E-state index contributed by atoms with van der Waals surface area (Å²) in [6, 6.07) is 1.78. The van der Waals surface area contributed by atoms with E-state index in [0.29, 0.717) is 24.9 Å². The van der Waals surface area contributed by atoms with E-state index in [4.69, 9.17) is 10.5 Å². The van der Waals surface area contributed by atoms with E-state index in [2.05, 4.69) is 19.8 Å². The van der Waals surface area contributed by atoms with Crippen LogP contribution in [0.15, 0.2) is 6.07 Å². The summed E-state index contributed by atoms with van der Waals surface area (Å²) in [5.74, 6) is 1.94. The summed E-state index contributed by atoms with van der Waals surface area (Å²) in [5, 5.41) is 0. The predicted octanol–water partition coefficient (Wildman–Crippen LogP) is 0.593. The minimum absolute atomic E-state index is 0.399. The van der Waals surface area contributed by atoms with Gasteiger partial charge in [-0.05, 0) is 21.0 Å². The van der Waals surface area contributed by atoms with Crippen molar-refractivity contribution in [1.29, 1.82) is 0 Å². The van der Waals surface area contributed by atoms with E-state index in [1.54, 1.807) is 6.07 Å². The second-order valence-corrected chi connectivity index (χ2v) is 4.43. The zero-order valence-electron chi connectivity index (χ0n) is 11.7. The molecule has 0 aromatic carbocycles. The van der Waals surface area contributed by atoms with Crippen molar-refractivity contribution in [2.24, 2.45) is 0 Å². The molecule has 0 aliphatic rings. The van der Waals surface area contributed by atoms with Crippen LogP contribution < -0.4 is 10.6 Å². The summed E-state index contributed by atoms with van der Waals surface area (Å²) >= 11 is 0. The molecule has 0 bridgehead atoms. The van der Waals surface area contributed by atoms with E-state index in [1.807, 2.05) is 28.1 Å². The molecule has 0 unspecified atom stereocenters. The Hall–Kier alpha value is -1.40. The minimum atomic E-state index is 0.399. The molecule has 0 aliphatic carbocycles. The van der Waals surface area contributed by atoms with Gasteiger partial charge in [0.05, 0.1) is 0 Å². The van der Waals surface area contributed by atoms with Gasteiger partial charge in [-0.15, -0.1) is 0 Å². The van der Waals surface area contributed by atoms with Crippen LogP contribution in [0.1, 0.15) is 12.7 Å². The third kappa shape index (κ3) is 4.85. The molecule has 0 spiro atoms. The molecule has 0 fully saturated rings. The summed E-state index contributed by atoms with van der Waals surface area (Å²) in [5.41, 5.74) is 5.78. The third-order valence-corrected chi connectivity index (χ3v) is 2.49. The molecule has 2 N–H and O–H groups in total. The number of likely N-dealkylation sites (N-methyl/N-ethyl adjacent to an activating group) is 2. The van der Waals surface area contributed by atoms with Crippen LogP contribution in [0.25, 0.3) is 0 Å². The Balaban J connectivity index is 2.71. The van der Waals surface area contributed by atoms with Crippen LogP contribution in [0.3, 0.4) is 0 Å². The molecule has 0 saturated heterocycles. The second kappa shape index (κ2) is 7.13. The number of aromatic nitrogens is 2. The Labute approximate surface area is 109 Å². The van der Waals surface area contributed by atoms with Gasteiger partial charge in [-0.3, -0.25) is 0 Å². The molecular weight excluding hydrogens is 230 g/mol. The predicted molar refractivity (Wildman–Crippen MR) is 73.6 cm³/mol. The smallest absolute Gasteiger partial charge is 0.158 e. The number of nitrogens with zero attached hydrogens (tertiary/aromatic N) is 4. The van der Waals surface area contributed by atoms with Crippen LogP contribution in [0.4, 0.5) is 11.6 Å². The van der Waals surface area contributed by atoms with Gasteiger partial charge in [0.2, 0.25) is 0 Å². The SMILES string of the molecule is CCOCc1nc(N)cc(N(C)CCN(C)C)n1. The summed E-state index contributed by atoms with van der Waals surface area (Å²) in [7, 11) is 6.08. The molecule has 6 heteroatoms. The average molecular weight is 253 g/mol. The number of nitrogens with two attached hydrogens (primary N) is 1. The fraction of sp³-hybridized carbons (Fsp3) is 0.667. The lowest BCUT2D eigenvalue weighted by molar-refractivity contribution is 0.128. The van der Waals surface area contributed by atoms with Crippen molar-refractivity contribution in [2.75, 3.05) is 51.5 Å². The first-order valence-corrected chi connectivity index (χ1v) is 6.10. The standard InChI is InChI=1S/C12H23N5O/c1-5-18-9-11-14-10(13)8-12(15-11)17(4)7-6-16(2)3/h8H,5-7,9H2,1-4H3,(H2,13,14,15). The summed E-state index contributed by atoms with van der Waals surface area (Å²) in [4.78, 5) is 12.8. The van der Waals surface area contributed by atoms with E-state index in [0.717, 1.165) is 18.9 Å². The van der Waals surface area contributed by atoms with E-state index in [1.165, 1.54) is 0 Å². The van der Waals surface area contributed by atoms with Crippen LogP contribution in [0.5, 0.6) is 0 Å². The van der Waals surface area contributed by atoms with Crippen LogP contribution >= 0.6 is 0 Å². The van der Waals surface area contributed by atoms with Gasteiger partial charge >= 0.3 is 0 Å². The zero-order chi connectivity index (χ0) is 13.5. The Morgan fingerprint density at radius 2 is 1.94 bits per heavy atom. The molecular formula is C12H23N5O. The number of anilines is 2. The number of hydrogen-bond acceptors (Lipinski definition) is 6. The lowest BCUT2D eigenvalue weighted by Crippen LogP contribution is -2.29. The van der Waals surface area contributed by atoms with Gasteiger partial charge in [0, 0.05) is 32.8 Å². The molecule has 102 valence electrons. The molecule has 0 saturated carbocycles. The fourth-order valence-corrected chi connectivity index (χ4v) is 1.42. The van der Waals surface area contributed by atoms with Gasteiger partial charge in [-0.25, -0.2) is 9.97 Å². The van der Waals surface area contributed by atoms with Crippen LogP contribution in [0.2, 0.25) is 0 Å². The highest BCUT2D eigenvalue weighted by atomic mass is 16.5. The monoisotopic (exact) mass is 253 g/mol. The van der Waals surface area contributed by atoms with Crippen molar-refractivity contribution in [2.45, 2.75) is 13.5 Å². The van der Waals surface area contributed by atoms with E-state index in [-0.39, 0.29) is 0 Å². The first-order valence-electron chi connectivity index (χ1n) is 6.10. The lowest BCUT2D eigenvalue weighted by atomic mass is 10.4.